The Bertz CT molecular complexity index is 807. The molecule has 182 valence electrons. The van der Waals surface area contributed by atoms with Crippen LogP contribution in [0.25, 0.3) is 0 Å². The standard InChI is InChI=1S/C27H42N4OS/c1-3-23-25(28)31(20-21-11-6-4-7-12-21)27(2)19-22(13-14-24(27)33-23)26(32)29-15-10-18-30-16-8-5-9-17-30/h3,13-14,19,21,24,28H,4-12,15-18,20H2,1-2H3,(H,29,32)/b23-3-,28-25?. The van der Waals surface area contributed by atoms with Gasteiger partial charge in [0, 0.05) is 23.6 Å². The van der Waals surface area contributed by atoms with Crippen LogP contribution in [0.15, 0.2) is 34.8 Å². The Kier molecular flexibility index (Phi) is 8.39. The summed E-state index contributed by atoms with van der Waals surface area (Å²) in [6.45, 7) is 9.38. The number of hydrogen-bond acceptors (Lipinski definition) is 4. The Balaban J connectivity index is 1.42. The van der Waals surface area contributed by atoms with Gasteiger partial charge in [-0.3, -0.25) is 10.2 Å². The maximum Gasteiger partial charge on any atom is 0.251 e. The number of hydrogen-bond donors (Lipinski definition) is 2. The summed E-state index contributed by atoms with van der Waals surface area (Å²) in [6.07, 6.45) is 19.9. The molecule has 0 aromatic rings. The quantitative estimate of drug-likeness (QED) is 0.508. The minimum absolute atomic E-state index is 0.0237. The Morgan fingerprint density at radius 2 is 1.94 bits per heavy atom. The number of amides is 1. The monoisotopic (exact) mass is 470 g/mol. The lowest BCUT2D eigenvalue weighted by Gasteiger charge is -2.51. The normalized spacial score (nSPS) is 30.3. The number of nitrogens with zero attached hydrogens (tertiary/aromatic N) is 2. The molecule has 2 aliphatic carbocycles. The van der Waals surface area contributed by atoms with E-state index in [0.29, 0.717) is 11.8 Å². The molecule has 2 saturated heterocycles. The number of nitrogens with one attached hydrogen (secondary N) is 2. The summed E-state index contributed by atoms with van der Waals surface area (Å²) in [7, 11) is 0. The molecule has 0 aromatic carbocycles. The van der Waals surface area contributed by atoms with Gasteiger partial charge in [-0.05, 0) is 77.6 Å². The topological polar surface area (TPSA) is 59.4 Å². The lowest BCUT2D eigenvalue weighted by molar-refractivity contribution is -0.117. The average Bonchev–Trinajstić information content (AvgIpc) is 2.84. The van der Waals surface area contributed by atoms with Gasteiger partial charge in [-0.2, -0.15) is 0 Å². The van der Waals surface area contributed by atoms with Crippen molar-refractivity contribution >= 4 is 23.5 Å². The number of likely N-dealkylation sites (tertiary alicyclic amines) is 1. The summed E-state index contributed by atoms with van der Waals surface area (Å²) in [6, 6.07) is 0. The van der Waals surface area contributed by atoms with Crippen LogP contribution in [0.2, 0.25) is 0 Å². The van der Waals surface area contributed by atoms with E-state index in [1.165, 1.54) is 64.5 Å². The highest BCUT2D eigenvalue weighted by Crippen LogP contribution is 2.45. The zero-order valence-corrected chi connectivity index (χ0v) is 21.4. The summed E-state index contributed by atoms with van der Waals surface area (Å²) < 4.78 is 0. The maximum atomic E-state index is 13.0. The van der Waals surface area contributed by atoms with Crippen molar-refractivity contribution in [2.24, 2.45) is 5.92 Å². The van der Waals surface area contributed by atoms with Gasteiger partial charge in [-0.1, -0.05) is 43.9 Å². The molecule has 2 heterocycles. The number of amidine groups is 1. The summed E-state index contributed by atoms with van der Waals surface area (Å²) in [5, 5.41) is 12.3. The second-order valence-corrected chi connectivity index (χ2v) is 11.5. The Hall–Kier alpha value is -1.53. The third-order valence-corrected chi connectivity index (χ3v) is 9.46. The van der Waals surface area contributed by atoms with E-state index >= 15 is 0 Å². The molecule has 0 spiro atoms. The number of carbonyl (C=O) groups excluding carboxylic acids is 1. The van der Waals surface area contributed by atoms with Gasteiger partial charge in [0.25, 0.3) is 5.91 Å². The smallest absolute Gasteiger partial charge is 0.251 e. The Labute approximate surface area is 204 Å². The maximum absolute atomic E-state index is 13.0. The van der Waals surface area contributed by atoms with E-state index in [1.54, 1.807) is 11.8 Å². The molecular formula is C27H42N4OS. The van der Waals surface area contributed by atoms with Crippen LogP contribution < -0.4 is 5.32 Å². The third kappa shape index (κ3) is 5.76. The Morgan fingerprint density at radius 3 is 2.67 bits per heavy atom. The van der Waals surface area contributed by atoms with E-state index in [1.807, 2.05) is 13.0 Å². The van der Waals surface area contributed by atoms with Gasteiger partial charge < -0.3 is 15.1 Å². The fraction of sp³-hybridized carbons (Fsp3) is 0.704. The number of piperidine rings is 1. The largest absolute Gasteiger partial charge is 0.352 e. The van der Waals surface area contributed by atoms with Gasteiger partial charge in [-0.25, -0.2) is 0 Å². The van der Waals surface area contributed by atoms with Crippen LogP contribution in [0.3, 0.4) is 0 Å². The molecule has 6 heteroatoms. The molecule has 0 radical (unpaired) electrons. The van der Waals surface area contributed by atoms with Crippen LogP contribution in [-0.4, -0.2) is 65.1 Å². The van der Waals surface area contributed by atoms with Crippen molar-refractivity contribution in [3.05, 3.63) is 34.8 Å². The number of fused-ring (bicyclic) bond motifs is 1. The zero-order valence-electron chi connectivity index (χ0n) is 20.6. The van der Waals surface area contributed by atoms with Crippen LogP contribution in [0.1, 0.15) is 71.6 Å². The molecule has 2 unspecified atom stereocenters. The lowest BCUT2D eigenvalue weighted by atomic mass is 9.83. The van der Waals surface area contributed by atoms with E-state index in [9.17, 15) is 4.79 Å². The molecule has 2 aliphatic heterocycles. The molecule has 5 nitrogen and oxygen atoms in total. The predicted molar refractivity (Wildman–Crippen MR) is 140 cm³/mol. The van der Waals surface area contributed by atoms with Gasteiger partial charge in [-0.15, -0.1) is 11.8 Å². The van der Waals surface area contributed by atoms with Crippen molar-refractivity contribution in [1.29, 1.82) is 5.41 Å². The first-order chi connectivity index (χ1) is 16.0. The van der Waals surface area contributed by atoms with Crippen molar-refractivity contribution in [2.45, 2.75) is 82.4 Å². The minimum atomic E-state index is -0.346. The number of allylic oxidation sites excluding steroid dienone is 1. The van der Waals surface area contributed by atoms with Crippen LogP contribution in [0, 0.1) is 11.3 Å². The van der Waals surface area contributed by atoms with Crippen LogP contribution >= 0.6 is 11.8 Å². The summed E-state index contributed by atoms with van der Waals surface area (Å²) in [4.78, 5) is 18.9. The van der Waals surface area contributed by atoms with Crippen molar-refractivity contribution in [3.8, 4) is 0 Å². The molecular weight excluding hydrogens is 428 g/mol. The molecule has 4 rings (SSSR count). The van der Waals surface area contributed by atoms with E-state index in [2.05, 4.69) is 40.3 Å². The molecule has 1 saturated carbocycles. The van der Waals surface area contributed by atoms with Gasteiger partial charge >= 0.3 is 0 Å². The first-order valence-corrected chi connectivity index (χ1v) is 14.0. The van der Waals surface area contributed by atoms with E-state index in [0.717, 1.165) is 36.5 Å². The summed E-state index contributed by atoms with van der Waals surface area (Å²) in [5.74, 6) is 1.29. The van der Waals surface area contributed by atoms with Crippen molar-refractivity contribution in [1.82, 2.24) is 15.1 Å². The highest BCUT2D eigenvalue weighted by atomic mass is 32.2. The minimum Gasteiger partial charge on any atom is -0.352 e. The second kappa shape index (κ2) is 11.3. The average molecular weight is 471 g/mol. The van der Waals surface area contributed by atoms with Crippen molar-refractivity contribution in [2.75, 3.05) is 32.7 Å². The zero-order chi connectivity index (χ0) is 23.3. The summed E-state index contributed by atoms with van der Waals surface area (Å²) >= 11 is 1.77. The number of carbonyl (C=O) groups is 1. The molecule has 1 amide bonds. The number of thioether (sulfide) groups is 1. The SMILES string of the molecule is C/C=C1\SC2C=CC(C(=O)NCCCN3CCCCC3)=CC2(C)N(CC2CCCCC2)C1=N. The first-order valence-electron chi connectivity index (χ1n) is 13.1. The first kappa shape index (κ1) is 24.6. The predicted octanol–water partition coefficient (Wildman–Crippen LogP) is 5.11. The lowest BCUT2D eigenvalue weighted by Crippen LogP contribution is -2.59. The van der Waals surface area contributed by atoms with Crippen molar-refractivity contribution in [3.63, 3.8) is 0 Å². The van der Waals surface area contributed by atoms with Crippen LogP contribution in [0.5, 0.6) is 0 Å². The van der Waals surface area contributed by atoms with E-state index in [-0.39, 0.29) is 16.7 Å². The fourth-order valence-corrected chi connectivity index (χ4v) is 7.06. The van der Waals surface area contributed by atoms with E-state index < -0.39 is 0 Å². The molecule has 0 aromatic heterocycles. The second-order valence-electron chi connectivity index (χ2n) is 10.4. The van der Waals surface area contributed by atoms with Gasteiger partial charge in [0.15, 0.2) is 0 Å². The van der Waals surface area contributed by atoms with E-state index in [4.69, 9.17) is 5.41 Å². The van der Waals surface area contributed by atoms with Crippen molar-refractivity contribution < 1.29 is 4.79 Å². The van der Waals surface area contributed by atoms with Gasteiger partial charge in [0.2, 0.25) is 0 Å². The summed E-state index contributed by atoms with van der Waals surface area (Å²) in [5.41, 5.74) is 0.402. The highest BCUT2D eigenvalue weighted by molar-refractivity contribution is 8.04. The van der Waals surface area contributed by atoms with Crippen LogP contribution in [0.4, 0.5) is 0 Å². The van der Waals surface area contributed by atoms with Crippen LogP contribution in [-0.2, 0) is 4.79 Å². The number of rotatable bonds is 7. The van der Waals surface area contributed by atoms with Gasteiger partial charge in [0.1, 0.15) is 5.84 Å². The Morgan fingerprint density at radius 1 is 1.21 bits per heavy atom. The molecule has 2 N–H and O–H groups in total. The fourth-order valence-electron chi connectivity index (χ4n) is 5.84. The third-order valence-electron chi connectivity index (χ3n) is 7.89. The molecule has 0 bridgehead atoms. The highest BCUT2D eigenvalue weighted by Gasteiger charge is 2.46. The van der Waals surface area contributed by atoms with Gasteiger partial charge in [0.05, 0.1) is 10.8 Å². The molecule has 4 aliphatic rings. The molecule has 3 fully saturated rings. The molecule has 33 heavy (non-hydrogen) atoms. The molecule has 2 atom stereocenters.